The van der Waals surface area contributed by atoms with Crippen molar-refractivity contribution < 1.29 is 19.7 Å². The van der Waals surface area contributed by atoms with Gasteiger partial charge in [-0.1, -0.05) is 13.8 Å². The third kappa shape index (κ3) is 2.97. The molecule has 0 saturated carbocycles. The third-order valence-electron chi connectivity index (χ3n) is 2.48. The highest BCUT2D eigenvalue weighted by molar-refractivity contribution is 5.77. The highest BCUT2D eigenvalue weighted by Crippen LogP contribution is 2.24. The van der Waals surface area contributed by atoms with Gasteiger partial charge in [0.2, 0.25) is 0 Å². The van der Waals surface area contributed by atoms with Gasteiger partial charge >= 0.3 is 5.97 Å². The summed E-state index contributed by atoms with van der Waals surface area (Å²) in [6.07, 6.45) is 0.764. The van der Waals surface area contributed by atoms with Gasteiger partial charge in [-0.25, -0.2) is 4.79 Å². The van der Waals surface area contributed by atoms with Crippen LogP contribution < -0.4 is 0 Å². The molecular weight excluding hydrogens is 172 g/mol. The van der Waals surface area contributed by atoms with Crippen LogP contribution in [0.2, 0.25) is 0 Å². The number of carboxylic acid groups (broad SMARTS) is 1. The molecule has 4 nitrogen and oxygen atoms in total. The minimum Gasteiger partial charge on any atom is -0.479 e. The second kappa shape index (κ2) is 5.19. The molecule has 78 valence electrons. The average Bonchev–Trinajstić information content (AvgIpc) is 2.12. The number of ether oxygens (including phenoxy) is 1. The topological polar surface area (TPSA) is 66.8 Å². The van der Waals surface area contributed by atoms with Crippen molar-refractivity contribution in [3.05, 3.63) is 0 Å². The summed E-state index contributed by atoms with van der Waals surface area (Å²) in [6.45, 7) is 3.85. The molecule has 2 unspecified atom stereocenters. The van der Waals surface area contributed by atoms with Gasteiger partial charge in [0.1, 0.15) is 0 Å². The van der Waals surface area contributed by atoms with Crippen molar-refractivity contribution in [3.63, 3.8) is 0 Å². The molecule has 0 fully saturated rings. The van der Waals surface area contributed by atoms with Gasteiger partial charge in [-0.15, -0.1) is 0 Å². The van der Waals surface area contributed by atoms with Crippen LogP contribution in [0.5, 0.6) is 0 Å². The lowest BCUT2D eigenvalue weighted by Crippen LogP contribution is -2.44. The summed E-state index contributed by atoms with van der Waals surface area (Å²) in [4.78, 5) is 10.8. The standard InChI is InChI=1S/C9H18O4/c1-4-9(12,8(10)11)7(2)5-6-13-3/h7,12H,4-6H2,1-3H3,(H,10,11). The van der Waals surface area contributed by atoms with Gasteiger partial charge in [0.15, 0.2) is 5.60 Å². The van der Waals surface area contributed by atoms with Gasteiger partial charge in [-0.05, 0) is 18.8 Å². The largest absolute Gasteiger partial charge is 0.479 e. The molecule has 0 aliphatic rings. The highest BCUT2D eigenvalue weighted by Gasteiger charge is 2.39. The Kier molecular flexibility index (Phi) is 4.95. The van der Waals surface area contributed by atoms with E-state index in [-0.39, 0.29) is 12.3 Å². The van der Waals surface area contributed by atoms with Crippen molar-refractivity contribution in [1.82, 2.24) is 0 Å². The molecular formula is C9H18O4. The average molecular weight is 190 g/mol. The molecule has 13 heavy (non-hydrogen) atoms. The first-order valence-corrected chi connectivity index (χ1v) is 4.43. The minimum atomic E-state index is -1.61. The zero-order chi connectivity index (χ0) is 10.5. The summed E-state index contributed by atoms with van der Waals surface area (Å²) < 4.78 is 4.83. The van der Waals surface area contributed by atoms with E-state index in [0.717, 1.165) is 0 Å². The van der Waals surface area contributed by atoms with Crippen LogP contribution >= 0.6 is 0 Å². The fourth-order valence-corrected chi connectivity index (χ4v) is 1.24. The van der Waals surface area contributed by atoms with E-state index in [1.165, 1.54) is 0 Å². The minimum absolute atomic E-state index is 0.215. The molecule has 0 aromatic rings. The summed E-state index contributed by atoms with van der Waals surface area (Å²) in [5, 5.41) is 18.5. The van der Waals surface area contributed by atoms with E-state index in [2.05, 4.69) is 0 Å². The predicted molar refractivity (Wildman–Crippen MR) is 48.5 cm³/mol. The zero-order valence-corrected chi connectivity index (χ0v) is 8.41. The second-order valence-corrected chi connectivity index (χ2v) is 3.27. The van der Waals surface area contributed by atoms with E-state index in [1.54, 1.807) is 21.0 Å². The lowest BCUT2D eigenvalue weighted by Gasteiger charge is -2.28. The van der Waals surface area contributed by atoms with Gasteiger partial charge in [0.05, 0.1) is 0 Å². The van der Waals surface area contributed by atoms with E-state index >= 15 is 0 Å². The Morgan fingerprint density at radius 2 is 2.15 bits per heavy atom. The maximum atomic E-state index is 10.8. The molecule has 0 heterocycles. The van der Waals surface area contributed by atoms with E-state index < -0.39 is 11.6 Å². The van der Waals surface area contributed by atoms with Crippen molar-refractivity contribution in [2.45, 2.75) is 32.3 Å². The van der Waals surface area contributed by atoms with Gasteiger partial charge < -0.3 is 14.9 Å². The smallest absolute Gasteiger partial charge is 0.335 e. The number of carboxylic acids is 1. The molecule has 0 aromatic carbocycles. The molecule has 0 rings (SSSR count). The van der Waals surface area contributed by atoms with Gasteiger partial charge in [-0.3, -0.25) is 0 Å². The number of hydrogen-bond donors (Lipinski definition) is 2. The van der Waals surface area contributed by atoms with Crippen LogP contribution in [0.25, 0.3) is 0 Å². The molecule has 2 N–H and O–H groups in total. The first-order valence-electron chi connectivity index (χ1n) is 4.43. The number of aliphatic carboxylic acids is 1. The Morgan fingerprint density at radius 3 is 2.46 bits per heavy atom. The molecule has 0 aromatic heterocycles. The Labute approximate surface area is 78.5 Å². The summed E-state index contributed by atoms with van der Waals surface area (Å²) in [5.41, 5.74) is -1.61. The van der Waals surface area contributed by atoms with Crippen molar-refractivity contribution in [2.75, 3.05) is 13.7 Å². The second-order valence-electron chi connectivity index (χ2n) is 3.27. The van der Waals surface area contributed by atoms with Crippen LogP contribution in [-0.4, -0.2) is 35.5 Å². The summed E-state index contributed by atoms with van der Waals surface area (Å²) in [6, 6.07) is 0. The third-order valence-corrected chi connectivity index (χ3v) is 2.48. The Bertz CT molecular complexity index is 169. The van der Waals surface area contributed by atoms with Crippen molar-refractivity contribution in [2.24, 2.45) is 5.92 Å². The fourth-order valence-electron chi connectivity index (χ4n) is 1.24. The first-order chi connectivity index (χ1) is 5.99. The van der Waals surface area contributed by atoms with Crippen LogP contribution in [0.4, 0.5) is 0 Å². The molecule has 0 aliphatic carbocycles. The molecule has 2 atom stereocenters. The van der Waals surface area contributed by atoms with Crippen LogP contribution in [-0.2, 0) is 9.53 Å². The normalized spacial score (nSPS) is 17.8. The molecule has 0 aliphatic heterocycles. The van der Waals surface area contributed by atoms with Crippen molar-refractivity contribution >= 4 is 5.97 Å². The van der Waals surface area contributed by atoms with Crippen LogP contribution in [0.1, 0.15) is 26.7 Å². The number of aliphatic hydroxyl groups is 1. The van der Waals surface area contributed by atoms with E-state index in [4.69, 9.17) is 9.84 Å². The van der Waals surface area contributed by atoms with Gasteiger partial charge in [0, 0.05) is 13.7 Å². The number of rotatable bonds is 6. The van der Waals surface area contributed by atoms with E-state index in [1.807, 2.05) is 0 Å². The van der Waals surface area contributed by atoms with Crippen LogP contribution in [0, 0.1) is 5.92 Å². The van der Waals surface area contributed by atoms with Crippen molar-refractivity contribution in [1.29, 1.82) is 0 Å². The Balaban J connectivity index is 4.29. The maximum absolute atomic E-state index is 10.8. The van der Waals surface area contributed by atoms with E-state index in [9.17, 15) is 9.90 Å². The molecule has 0 spiro atoms. The first kappa shape index (κ1) is 12.4. The summed E-state index contributed by atoms with van der Waals surface area (Å²) in [5.74, 6) is -1.45. The molecule has 0 radical (unpaired) electrons. The molecule has 4 heteroatoms. The van der Waals surface area contributed by atoms with Crippen LogP contribution in [0.15, 0.2) is 0 Å². The van der Waals surface area contributed by atoms with Gasteiger partial charge in [0.25, 0.3) is 0 Å². The fraction of sp³-hybridized carbons (Fsp3) is 0.889. The van der Waals surface area contributed by atoms with Crippen LogP contribution in [0.3, 0.4) is 0 Å². The quantitative estimate of drug-likeness (QED) is 0.652. The van der Waals surface area contributed by atoms with E-state index in [0.29, 0.717) is 13.0 Å². The Morgan fingerprint density at radius 1 is 1.62 bits per heavy atom. The van der Waals surface area contributed by atoms with Gasteiger partial charge in [-0.2, -0.15) is 0 Å². The lowest BCUT2D eigenvalue weighted by molar-refractivity contribution is -0.165. The molecule has 0 amide bonds. The predicted octanol–water partition coefficient (Wildman–Crippen LogP) is 0.885. The maximum Gasteiger partial charge on any atom is 0.335 e. The SMILES string of the molecule is CCC(O)(C(=O)O)C(C)CCOC. The zero-order valence-electron chi connectivity index (χ0n) is 8.41. The number of carbonyl (C=O) groups is 1. The molecule has 0 bridgehead atoms. The number of methoxy groups -OCH3 is 1. The lowest BCUT2D eigenvalue weighted by atomic mass is 9.84. The molecule has 0 saturated heterocycles. The Hall–Kier alpha value is -0.610. The summed E-state index contributed by atoms with van der Waals surface area (Å²) in [7, 11) is 1.55. The van der Waals surface area contributed by atoms with Crippen molar-refractivity contribution in [3.8, 4) is 0 Å². The highest BCUT2D eigenvalue weighted by atomic mass is 16.5. The monoisotopic (exact) mass is 190 g/mol. The number of hydrogen-bond acceptors (Lipinski definition) is 3. The summed E-state index contributed by atoms with van der Waals surface area (Å²) >= 11 is 0.